The topological polar surface area (TPSA) is 58.4 Å². The van der Waals surface area contributed by atoms with E-state index in [0.717, 1.165) is 12.1 Å². The molecule has 1 unspecified atom stereocenters. The van der Waals surface area contributed by atoms with Gasteiger partial charge in [-0.25, -0.2) is 4.98 Å². The van der Waals surface area contributed by atoms with Crippen LogP contribution in [0.2, 0.25) is 0 Å². The van der Waals surface area contributed by atoms with E-state index < -0.39 is 0 Å². The van der Waals surface area contributed by atoms with Crippen molar-refractivity contribution in [3.8, 4) is 0 Å². The van der Waals surface area contributed by atoms with E-state index in [2.05, 4.69) is 15.2 Å². The third-order valence-corrected chi connectivity index (χ3v) is 4.57. The van der Waals surface area contributed by atoms with Gasteiger partial charge in [-0.15, -0.1) is 0 Å². The molecule has 1 amide bonds. The minimum Gasteiger partial charge on any atom is -0.443 e. The van der Waals surface area contributed by atoms with Gasteiger partial charge in [0.15, 0.2) is 12.0 Å². The number of hydrogen-bond acceptors (Lipinski definition) is 4. The van der Waals surface area contributed by atoms with Crippen LogP contribution in [0.3, 0.4) is 0 Å². The van der Waals surface area contributed by atoms with Crippen LogP contribution >= 0.6 is 0 Å². The van der Waals surface area contributed by atoms with Gasteiger partial charge < -0.3 is 14.6 Å². The molecule has 5 nitrogen and oxygen atoms in total. The lowest BCUT2D eigenvalue weighted by Gasteiger charge is -2.44. The second-order valence-corrected chi connectivity index (χ2v) is 5.75. The zero-order valence-electron chi connectivity index (χ0n) is 11.2. The summed E-state index contributed by atoms with van der Waals surface area (Å²) in [7, 11) is 0. The van der Waals surface area contributed by atoms with Crippen molar-refractivity contribution >= 4 is 17.0 Å². The molecule has 3 aliphatic heterocycles. The van der Waals surface area contributed by atoms with E-state index >= 15 is 0 Å². The lowest BCUT2D eigenvalue weighted by molar-refractivity contribution is 0.0620. The number of fused-ring (bicyclic) bond motifs is 4. The SMILES string of the molecule is O=C(NC1CN2CCC1CC2)c1ccc2ocnc2c1. The van der Waals surface area contributed by atoms with Crippen LogP contribution in [0.15, 0.2) is 29.0 Å². The Hall–Kier alpha value is -1.88. The third kappa shape index (κ3) is 1.98. The normalized spacial score (nSPS) is 28.7. The highest BCUT2D eigenvalue weighted by molar-refractivity contribution is 5.97. The zero-order chi connectivity index (χ0) is 13.5. The lowest BCUT2D eigenvalue weighted by Crippen LogP contribution is -2.57. The van der Waals surface area contributed by atoms with Gasteiger partial charge in [0, 0.05) is 18.2 Å². The van der Waals surface area contributed by atoms with Crippen LogP contribution < -0.4 is 5.32 Å². The highest BCUT2D eigenvalue weighted by Crippen LogP contribution is 2.27. The van der Waals surface area contributed by atoms with Gasteiger partial charge in [-0.05, 0) is 50.0 Å². The Kier molecular flexibility index (Phi) is 2.73. The molecular formula is C15H17N3O2. The summed E-state index contributed by atoms with van der Waals surface area (Å²) in [4.78, 5) is 18.9. The van der Waals surface area contributed by atoms with Crippen LogP contribution in [-0.2, 0) is 0 Å². The Balaban J connectivity index is 1.52. The molecule has 3 fully saturated rings. The maximum absolute atomic E-state index is 12.4. The molecule has 3 aliphatic rings. The monoisotopic (exact) mass is 271 g/mol. The number of rotatable bonds is 2. The molecule has 3 saturated heterocycles. The number of nitrogens with one attached hydrogen (secondary N) is 1. The fourth-order valence-electron chi connectivity index (χ4n) is 3.38. The summed E-state index contributed by atoms with van der Waals surface area (Å²) in [6.07, 6.45) is 3.81. The standard InChI is InChI=1S/C15H17N3O2/c19-15(11-1-2-14-12(7-11)16-9-20-14)17-13-8-18-5-3-10(13)4-6-18/h1-2,7,9-10,13H,3-6,8H2,(H,17,19). The van der Waals surface area contributed by atoms with Crippen LogP contribution in [0.25, 0.3) is 11.1 Å². The van der Waals surface area contributed by atoms with E-state index in [0.29, 0.717) is 17.1 Å². The lowest BCUT2D eigenvalue weighted by atomic mass is 9.84. The van der Waals surface area contributed by atoms with E-state index in [4.69, 9.17) is 4.42 Å². The summed E-state index contributed by atoms with van der Waals surface area (Å²) in [5.41, 5.74) is 2.10. The smallest absolute Gasteiger partial charge is 0.251 e. The van der Waals surface area contributed by atoms with Crippen molar-refractivity contribution in [3.05, 3.63) is 30.2 Å². The van der Waals surface area contributed by atoms with E-state index in [1.807, 2.05) is 0 Å². The van der Waals surface area contributed by atoms with E-state index in [9.17, 15) is 4.79 Å². The number of aromatic nitrogens is 1. The zero-order valence-corrected chi connectivity index (χ0v) is 11.2. The minimum absolute atomic E-state index is 0.00588. The first-order valence-corrected chi connectivity index (χ1v) is 7.16. The highest BCUT2D eigenvalue weighted by atomic mass is 16.3. The number of benzene rings is 1. The van der Waals surface area contributed by atoms with Gasteiger partial charge in [0.1, 0.15) is 5.52 Å². The fraction of sp³-hybridized carbons (Fsp3) is 0.467. The highest BCUT2D eigenvalue weighted by Gasteiger charge is 2.34. The van der Waals surface area contributed by atoms with Gasteiger partial charge in [-0.3, -0.25) is 4.79 Å². The Morgan fingerprint density at radius 1 is 1.35 bits per heavy atom. The van der Waals surface area contributed by atoms with Crippen molar-refractivity contribution in [2.45, 2.75) is 18.9 Å². The summed E-state index contributed by atoms with van der Waals surface area (Å²) in [5, 5.41) is 3.18. The Morgan fingerprint density at radius 2 is 2.20 bits per heavy atom. The average Bonchev–Trinajstić information content (AvgIpc) is 2.96. The Morgan fingerprint density at radius 3 is 2.95 bits per heavy atom. The number of nitrogens with zero attached hydrogens (tertiary/aromatic N) is 2. The molecule has 1 aromatic heterocycles. The number of hydrogen-bond donors (Lipinski definition) is 1. The third-order valence-electron chi connectivity index (χ3n) is 4.57. The molecular weight excluding hydrogens is 254 g/mol. The Labute approximate surface area is 117 Å². The Bertz CT molecular complexity index is 643. The van der Waals surface area contributed by atoms with Gasteiger partial charge in [-0.1, -0.05) is 0 Å². The summed E-state index contributed by atoms with van der Waals surface area (Å²) in [5.74, 6) is 0.633. The molecule has 1 aromatic carbocycles. The van der Waals surface area contributed by atoms with E-state index in [1.165, 1.54) is 32.3 Å². The van der Waals surface area contributed by atoms with Crippen LogP contribution in [0, 0.1) is 5.92 Å². The van der Waals surface area contributed by atoms with Crippen molar-refractivity contribution in [1.82, 2.24) is 15.2 Å². The molecule has 0 radical (unpaired) electrons. The quantitative estimate of drug-likeness (QED) is 0.902. The minimum atomic E-state index is -0.00588. The van der Waals surface area contributed by atoms with Gasteiger partial charge in [-0.2, -0.15) is 0 Å². The largest absolute Gasteiger partial charge is 0.443 e. The first-order chi connectivity index (χ1) is 9.79. The predicted molar refractivity (Wildman–Crippen MR) is 74.4 cm³/mol. The molecule has 1 N–H and O–H groups in total. The van der Waals surface area contributed by atoms with Gasteiger partial charge >= 0.3 is 0 Å². The molecule has 104 valence electrons. The van der Waals surface area contributed by atoms with Gasteiger partial charge in [0.05, 0.1) is 0 Å². The summed E-state index contributed by atoms with van der Waals surface area (Å²) in [6.45, 7) is 3.35. The first kappa shape index (κ1) is 11.9. The molecule has 0 aliphatic carbocycles. The molecule has 20 heavy (non-hydrogen) atoms. The number of piperidine rings is 3. The maximum Gasteiger partial charge on any atom is 0.251 e. The van der Waals surface area contributed by atoms with Crippen molar-refractivity contribution in [3.63, 3.8) is 0 Å². The molecule has 2 aromatic rings. The summed E-state index contributed by atoms with van der Waals surface area (Å²) in [6, 6.07) is 5.67. The van der Waals surface area contributed by atoms with Crippen molar-refractivity contribution in [1.29, 1.82) is 0 Å². The number of carbonyl (C=O) groups is 1. The van der Waals surface area contributed by atoms with Crippen molar-refractivity contribution < 1.29 is 9.21 Å². The van der Waals surface area contributed by atoms with E-state index in [1.54, 1.807) is 18.2 Å². The fourth-order valence-corrected chi connectivity index (χ4v) is 3.38. The van der Waals surface area contributed by atoms with Crippen LogP contribution in [-0.4, -0.2) is 41.5 Å². The maximum atomic E-state index is 12.4. The predicted octanol–water partition coefficient (Wildman–Crippen LogP) is 1.65. The second-order valence-electron chi connectivity index (χ2n) is 5.75. The average molecular weight is 271 g/mol. The molecule has 4 heterocycles. The molecule has 1 atom stereocenters. The first-order valence-electron chi connectivity index (χ1n) is 7.16. The van der Waals surface area contributed by atoms with Gasteiger partial charge in [0.25, 0.3) is 5.91 Å². The molecule has 5 rings (SSSR count). The molecule has 0 saturated carbocycles. The van der Waals surface area contributed by atoms with Crippen LogP contribution in [0.5, 0.6) is 0 Å². The van der Waals surface area contributed by atoms with Crippen molar-refractivity contribution in [2.24, 2.45) is 5.92 Å². The number of amides is 1. The van der Waals surface area contributed by atoms with Crippen molar-refractivity contribution in [2.75, 3.05) is 19.6 Å². The molecule has 0 spiro atoms. The van der Waals surface area contributed by atoms with Crippen LogP contribution in [0.4, 0.5) is 0 Å². The van der Waals surface area contributed by atoms with E-state index in [-0.39, 0.29) is 11.9 Å². The summed E-state index contributed by atoms with van der Waals surface area (Å²) >= 11 is 0. The molecule has 5 heteroatoms. The van der Waals surface area contributed by atoms with Gasteiger partial charge in [0.2, 0.25) is 0 Å². The van der Waals surface area contributed by atoms with Crippen LogP contribution in [0.1, 0.15) is 23.2 Å². The summed E-state index contributed by atoms with van der Waals surface area (Å²) < 4.78 is 5.19. The second kappa shape index (κ2) is 4.59. The molecule has 2 bridgehead atoms. The number of carbonyl (C=O) groups excluding carboxylic acids is 1. The number of oxazole rings is 1.